The molecule has 8 heteroatoms. The molecule has 4 rings (SSSR count). The predicted octanol–water partition coefficient (Wildman–Crippen LogP) is 2.59. The Labute approximate surface area is 164 Å². The lowest BCUT2D eigenvalue weighted by Crippen LogP contribution is -2.46. The minimum Gasteiger partial charge on any atom is -0.324 e. The fourth-order valence-electron chi connectivity index (χ4n) is 3.59. The lowest BCUT2D eigenvalue weighted by molar-refractivity contribution is 0.156. The number of piperidine rings is 1. The van der Waals surface area contributed by atoms with Gasteiger partial charge in [0, 0.05) is 49.5 Å². The number of hydrogen-bond donors (Lipinski definition) is 1. The van der Waals surface area contributed by atoms with Crippen molar-refractivity contribution in [1.82, 2.24) is 29.5 Å². The molecular formula is C20H25N7O. The molecule has 0 saturated carbocycles. The maximum absolute atomic E-state index is 12.6. The molecule has 1 fully saturated rings. The van der Waals surface area contributed by atoms with Crippen LogP contribution in [0.3, 0.4) is 0 Å². The van der Waals surface area contributed by atoms with Gasteiger partial charge in [-0.25, -0.2) is 14.8 Å². The molecule has 28 heavy (non-hydrogen) atoms. The van der Waals surface area contributed by atoms with E-state index in [4.69, 9.17) is 0 Å². The third kappa shape index (κ3) is 3.82. The summed E-state index contributed by atoms with van der Waals surface area (Å²) in [5, 5.41) is 7.99. The molecule has 1 aromatic carbocycles. The van der Waals surface area contributed by atoms with Gasteiger partial charge in [0.25, 0.3) is 0 Å². The predicted molar refractivity (Wildman–Crippen MR) is 109 cm³/mol. The van der Waals surface area contributed by atoms with Gasteiger partial charge in [0.1, 0.15) is 0 Å². The quantitative estimate of drug-likeness (QED) is 0.757. The second-order valence-corrected chi connectivity index (χ2v) is 7.48. The number of aryl methyl sites for hydroxylation is 1. The maximum Gasteiger partial charge on any atom is 0.324 e. The van der Waals surface area contributed by atoms with Crippen LogP contribution >= 0.6 is 0 Å². The summed E-state index contributed by atoms with van der Waals surface area (Å²) in [4.78, 5) is 25.5. The number of urea groups is 1. The van der Waals surface area contributed by atoms with Crippen molar-refractivity contribution in [3.63, 3.8) is 0 Å². The van der Waals surface area contributed by atoms with E-state index in [-0.39, 0.29) is 6.03 Å². The molecule has 0 unspecified atom stereocenters. The zero-order chi connectivity index (χ0) is 19.7. The van der Waals surface area contributed by atoms with E-state index in [0.717, 1.165) is 48.0 Å². The molecule has 1 aliphatic rings. The van der Waals surface area contributed by atoms with Crippen LogP contribution in [0.5, 0.6) is 0 Å². The number of carbonyl (C=O) groups excluding carboxylic acids is 1. The van der Waals surface area contributed by atoms with Gasteiger partial charge in [0.05, 0.1) is 11.7 Å². The number of amides is 2. The SMILES string of the molecule is CN(C)C1CCN(C(=O)Nc2ncc3ccc(-c4cnn(C)c4)cc3n2)CC1. The summed E-state index contributed by atoms with van der Waals surface area (Å²) < 4.78 is 1.77. The Morgan fingerprint density at radius 3 is 2.64 bits per heavy atom. The number of rotatable bonds is 3. The van der Waals surface area contributed by atoms with Crippen molar-refractivity contribution in [1.29, 1.82) is 0 Å². The number of anilines is 1. The molecule has 0 aliphatic carbocycles. The Bertz CT molecular complexity index is 989. The molecule has 0 bridgehead atoms. The first kappa shape index (κ1) is 18.4. The van der Waals surface area contributed by atoms with Crippen molar-refractivity contribution < 1.29 is 4.79 Å². The van der Waals surface area contributed by atoms with Crippen LogP contribution in [0.25, 0.3) is 22.0 Å². The Morgan fingerprint density at radius 2 is 1.96 bits per heavy atom. The number of benzene rings is 1. The first-order chi connectivity index (χ1) is 13.5. The van der Waals surface area contributed by atoms with Gasteiger partial charge in [-0.2, -0.15) is 5.10 Å². The smallest absolute Gasteiger partial charge is 0.324 e. The van der Waals surface area contributed by atoms with Crippen LogP contribution in [0.1, 0.15) is 12.8 Å². The standard InChI is InChI=1S/C20H25N7O/c1-25(2)17-6-8-27(9-7-17)20(28)24-19-21-11-15-5-4-14(10-18(15)23-19)16-12-22-26(3)13-16/h4-5,10-13,17H,6-9H2,1-3H3,(H,21,23,24,28). The Kier molecular flexibility index (Phi) is 4.95. The number of aromatic nitrogens is 4. The highest BCUT2D eigenvalue weighted by Gasteiger charge is 2.24. The van der Waals surface area contributed by atoms with E-state index in [1.165, 1.54) is 0 Å². The molecule has 2 amide bonds. The van der Waals surface area contributed by atoms with Gasteiger partial charge in [0.15, 0.2) is 0 Å². The van der Waals surface area contributed by atoms with Crippen LogP contribution in [0, 0.1) is 0 Å². The van der Waals surface area contributed by atoms with Crippen molar-refractivity contribution in [3.05, 3.63) is 36.8 Å². The summed E-state index contributed by atoms with van der Waals surface area (Å²) in [5.41, 5.74) is 2.85. The molecule has 1 aliphatic heterocycles. The second-order valence-electron chi connectivity index (χ2n) is 7.48. The van der Waals surface area contributed by atoms with Gasteiger partial charge in [-0.1, -0.05) is 12.1 Å². The lowest BCUT2D eigenvalue weighted by Gasteiger charge is -2.34. The molecule has 2 aromatic heterocycles. The first-order valence-electron chi connectivity index (χ1n) is 9.48. The van der Waals surface area contributed by atoms with Gasteiger partial charge < -0.3 is 9.80 Å². The van der Waals surface area contributed by atoms with Crippen molar-refractivity contribution in [2.24, 2.45) is 7.05 Å². The van der Waals surface area contributed by atoms with Crippen molar-refractivity contribution in [2.75, 3.05) is 32.5 Å². The number of hydrogen-bond acceptors (Lipinski definition) is 5. The topological polar surface area (TPSA) is 79.2 Å². The molecule has 1 N–H and O–H groups in total. The molecule has 8 nitrogen and oxygen atoms in total. The summed E-state index contributed by atoms with van der Waals surface area (Å²) >= 11 is 0. The number of likely N-dealkylation sites (tertiary alicyclic amines) is 1. The van der Waals surface area contributed by atoms with Gasteiger partial charge in [-0.05, 0) is 38.6 Å². The van der Waals surface area contributed by atoms with Crippen LogP contribution in [0.15, 0.2) is 36.8 Å². The summed E-state index contributed by atoms with van der Waals surface area (Å²) in [7, 11) is 6.06. The van der Waals surface area contributed by atoms with Gasteiger partial charge in [-0.3, -0.25) is 10.00 Å². The van der Waals surface area contributed by atoms with E-state index in [1.807, 2.05) is 42.5 Å². The largest absolute Gasteiger partial charge is 0.324 e. The fourth-order valence-corrected chi connectivity index (χ4v) is 3.59. The summed E-state index contributed by atoms with van der Waals surface area (Å²) in [6.45, 7) is 1.49. The number of fused-ring (bicyclic) bond motifs is 1. The molecular weight excluding hydrogens is 354 g/mol. The van der Waals surface area contributed by atoms with Crippen molar-refractivity contribution >= 4 is 22.9 Å². The first-order valence-corrected chi connectivity index (χ1v) is 9.48. The molecule has 1 saturated heterocycles. The van der Waals surface area contributed by atoms with E-state index < -0.39 is 0 Å². The average molecular weight is 379 g/mol. The molecule has 3 heterocycles. The fraction of sp³-hybridized carbons (Fsp3) is 0.400. The molecule has 3 aromatic rings. The number of carbonyl (C=O) groups is 1. The van der Waals surface area contributed by atoms with E-state index in [0.29, 0.717) is 12.0 Å². The lowest BCUT2D eigenvalue weighted by atomic mass is 10.0. The Balaban J connectivity index is 1.49. The van der Waals surface area contributed by atoms with Crippen molar-refractivity contribution in [2.45, 2.75) is 18.9 Å². The third-order valence-corrected chi connectivity index (χ3v) is 5.32. The average Bonchev–Trinajstić information content (AvgIpc) is 3.14. The highest BCUT2D eigenvalue weighted by atomic mass is 16.2. The van der Waals surface area contributed by atoms with E-state index in [1.54, 1.807) is 10.9 Å². The van der Waals surface area contributed by atoms with Crippen LogP contribution < -0.4 is 5.32 Å². The van der Waals surface area contributed by atoms with Crippen molar-refractivity contribution in [3.8, 4) is 11.1 Å². The van der Waals surface area contributed by atoms with Gasteiger partial charge >= 0.3 is 6.03 Å². The van der Waals surface area contributed by atoms with Crippen LogP contribution in [0.2, 0.25) is 0 Å². The zero-order valence-corrected chi connectivity index (χ0v) is 16.5. The van der Waals surface area contributed by atoms with E-state index in [2.05, 4.69) is 39.4 Å². The van der Waals surface area contributed by atoms with Gasteiger partial charge in [0.2, 0.25) is 5.95 Å². The van der Waals surface area contributed by atoms with Crippen LogP contribution in [-0.2, 0) is 7.05 Å². The molecule has 146 valence electrons. The Morgan fingerprint density at radius 1 is 1.18 bits per heavy atom. The molecule has 0 spiro atoms. The second kappa shape index (κ2) is 7.55. The summed E-state index contributed by atoms with van der Waals surface area (Å²) in [6, 6.07) is 6.39. The maximum atomic E-state index is 12.6. The van der Waals surface area contributed by atoms with Crippen LogP contribution in [-0.4, -0.2) is 68.8 Å². The highest BCUT2D eigenvalue weighted by Crippen LogP contribution is 2.23. The van der Waals surface area contributed by atoms with E-state index in [9.17, 15) is 4.79 Å². The normalized spacial score (nSPS) is 15.4. The number of nitrogens with zero attached hydrogens (tertiary/aromatic N) is 6. The zero-order valence-electron chi connectivity index (χ0n) is 16.5. The summed E-state index contributed by atoms with van der Waals surface area (Å²) in [5.74, 6) is 0.329. The molecule has 0 radical (unpaired) electrons. The molecule has 0 atom stereocenters. The monoisotopic (exact) mass is 379 g/mol. The van der Waals surface area contributed by atoms with E-state index >= 15 is 0 Å². The Hall–Kier alpha value is -3.00. The summed E-state index contributed by atoms with van der Waals surface area (Å²) in [6.07, 6.45) is 7.48. The van der Waals surface area contributed by atoms with Crippen LogP contribution in [0.4, 0.5) is 10.7 Å². The van der Waals surface area contributed by atoms with Gasteiger partial charge in [-0.15, -0.1) is 0 Å². The third-order valence-electron chi connectivity index (χ3n) is 5.32. The minimum absolute atomic E-state index is 0.139. The minimum atomic E-state index is -0.139. The highest BCUT2D eigenvalue weighted by molar-refractivity contribution is 5.90. The number of nitrogens with one attached hydrogen (secondary N) is 1.